The molecule has 0 saturated carbocycles. The van der Waals surface area contributed by atoms with Crippen molar-refractivity contribution in [1.82, 2.24) is 0 Å². The number of ether oxygens (including phenoxy) is 1. The number of azo groups is 1. The van der Waals surface area contributed by atoms with Gasteiger partial charge in [0.2, 0.25) is 0 Å². The first-order valence-electron chi connectivity index (χ1n) is 9.93. The minimum Gasteiger partial charge on any atom is -0.478 e. The zero-order valence-corrected chi connectivity index (χ0v) is 17.4. The molecule has 1 atom stereocenters. The summed E-state index contributed by atoms with van der Waals surface area (Å²) >= 11 is 0. The van der Waals surface area contributed by atoms with Crippen molar-refractivity contribution in [2.45, 2.75) is 51.0 Å². The summed E-state index contributed by atoms with van der Waals surface area (Å²) in [6.07, 6.45) is 1.02. The molecule has 0 spiro atoms. The van der Waals surface area contributed by atoms with Gasteiger partial charge in [0.05, 0.1) is 24.3 Å². The third kappa shape index (κ3) is 4.41. The first kappa shape index (κ1) is 21.6. The average molecular weight is 410 g/mol. The normalized spacial score (nSPS) is 20.0. The Balaban J connectivity index is 2.00. The van der Waals surface area contributed by atoms with Crippen LogP contribution in [0.3, 0.4) is 0 Å². The number of carbonyl (C=O) groups excluding carboxylic acids is 1. The van der Waals surface area contributed by atoms with E-state index in [-0.39, 0.29) is 29.7 Å². The maximum atomic E-state index is 12.1. The van der Waals surface area contributed by atoms with Gasteiger partial charge in [-0.2, -0.15) is 5.11 Å². The van der Waals surface area contributed by atoms with Gasteiger partial charge >= 0.3 is 11.9 Å². The van der Waals surface area contributed by atoms with Gasteiger partial charge in [0.1, 0.15) is 11.3 Å². The molecular weight excluding hydrogens is 384 g/mol. The molecule has 0 bridgehead atoms. The number of carbonyl (C=O) groups is 2. The first-order chi connectivity index (χ1) is 14.2. The Morgan fingerprint density at radius 3 is 2.50 bits per heavy atom. The molecular formula is C23H26N2O5. The number of esters is 1. The topological polar surface area (TPSA) is 109 Å². The van der Waals surface area contributed by atoms with Gasteiger partial charge in [0.15, 0.2) is 0 Å². The highest BCUT2D eigenvalue weighted by Crippen LogP contribution is 2.47. The molecule has 2 N–H and O–H groups in total. The van der Waals surface area contributed by atoms with Crippen molar-refractivity contribution < 1.29 is 24.5 Å². The van der Waals surface area contributed by atoms with Crippen LogP contribution in [-0.2, 0) is 20.5 Å². The van der Waals surface area contributed by atoms with E-state index in [0.29, 0.717) is 17.7 Å². The maximum absolute atomic E-state index is 12.1. The molecule has 7 nitrogen and oxygen atoms in total. The Morgan fingerprint density at radius 1 is 1.07 bits per heavy atom. The van der Waals surface area contributed by atoms with Crippen molar-refractivity contribution in [3.05, 3.63) is 59.2 Å². The second-order valence-corrected chi connectivity index (χ2v) is 8.15. The summed E-state index contributed by atoms with van der Waals surface area (Å²) in [7, 11) is 0. The van der Waals surface area contributed by atoms with Crippen molar-refractivity contribution in [3.8, 4) is 0 Å². The van der Waals surface area contributed by atoms with Gasteiger partial charge in [0.25, 0.3) is 0 Å². The Morgan fingerprint density at radius 2 is 1.80 bits per heavy atom. The van der Waals surface area contributed by atoms with Gasteiger partial charge in [-0.25, -0.2) is 4.79 Å². The van der Waals surface area contributed by atoms with Crippen LogP contribution in [0, 0.1) is 0 Å². The molecule has 0 radical (unpaired) electrons. The van der Waals surface area contributed by atoms with E-state index < -0.39 is 17.5 Å². The zero-order valence-electron chi connectivity index (χ0n) is 17.4. The number of aromatic carboxylic acids is 1. The number of hydrogen-bond donors (Lipinski definition) is 2. The van der Waals surface area contributed by atoms with Crippen molar-refractivity contribution >= 4 is 23.3 Å². The number of benzene rings is 2. The van der Waals surface area contributed by atoms with Crippen LogP contribution >= 0.6 is 0 Å². The fourth-order valence-corrected chi connectivity index (χ4v) is 3.85. The van der Waals surface area contributed by atoms with Gasteiger partial charge in [-0.1, -0.05) is 32.0 Å². The highest BCUT2D eigenvalue weighted by Gasteiger charge is 2.43. The number of fused-ring (bicyclic) bond motifs is 1. The van der Waals surface area contributed by atoms with E-state index in [9.17, 15) is 19.8 Å². The number of carboxylic acids is 1. The summed E-state index contributed by atoms with van der Waals surface area (Å²) in [6.45, 7) is 6.18. The number of nitrogens with zero attached hydrogens (tertiary/aromatic N) is 2. The molecule has 1 unspecified atom stereocenters. The molecule has 1 aliphatic rings. The summed E-state index contributed by atoms with van der Waals surface area (Å²) in [5.41, 5.74) is 0.835. The third-order valence-corrected chi connectivity index (χ3v) is 5.55. The highest BCUT2D eigenvalue weighted by molar-refractivity contribution is 5.93. The van der Waals surface area contributed by atoms with Gasteiger partial charge in [-0.15, -0.1) is 5.11 Å². The summed E-state index contributed by atoms with van der Waals surface area (Å²) in [5, 5.41) is 28.9. The van der Waals surface area contributed by atoms with E-state index in [1.807, 2.05) is 6.07 Å². The van der Waals surface area contributed by atoms with E-state index >= 15 is 0 Å². The van der Waals surface area contributed by atoms with E-state index in [1.165, 1.54) is 6.07 Å². The van der Waals surface area contributed by atoms with E-state index in [4.69, 9.17) is 4.74 Å². The average Bonchev–Trinajstić information content (AvgIpc) is 2.70. The first-order valence-corrected chi connectivity index (χ1v) is 9.93. The van der Waals surface area contributed by atoms with Gasteiger partial charge in [0, 0.05) is 0 Å². The lowest BCUT2D eigenvalue weighted by Crippen LogP contribution is -2.39. The Kier molecular flexibility index (Phi) is 6.03. The second-order valence-electron chi connectivity index (χ2n) is 8.15. The lowest BCUT2D eigenvalue weighted by Gasteiger charge is -2.42. The fourth-order valence-electron chi connectivity index (χ4n) is 3.85. The Hall–Kier alpha value is -3.06. The molecule has 0 amide bonds. The van der Waals surface area contributed by atoms with Gasteiger partial charge < -0.3 is 14.9 Å². The summed E-state index contributed by atoms with van der Waals surface area (Å²) in [6, 6.07) is 11.7. The van der Waals surface area contributed by atoms with Crippen LogP contribution in [0.2, 0.25) is 0 Å². The molecule has 2 aromatic carbocycles. The number of hydrogen-bond acceptors (Lipinski definition) is 6. The lowest BCUT2D eigenvalue weighted by molar-refractivity contribution is -0.150. The van der Waals surface area contributed by atoms with Crippen molar-refractivity contribution in [3.63, 3.8) is 0 Å². The Labute approximate surface area is 175 Å². The lowest BCUT2D eigenvalue weighted by atomic mass is 9.66. The molecule has 0 aliphatic heterocycles. The van der Waals surface area contributed by atoms with E-state index in [0.717, 1.165) is 12.0 Å². The molecule has 1 aliphatic carbocycles. The van der Waals surface area contributed by atoms with Crippen LogP contribution < -0.4 is 0 Å². The second kappa shape index (κ2) is 8.36. The Bertz CT molecular complexity index is 999. The SMILES string of the molecule is CCOC(=O)CC1(O)CCC(C)(C)c2ccc(N=Nc3ccccc3C(=O)O)cc21. The largest absolute Gasteiger partial charge is 0.478 e. The minimum absolute atomic E-state index is 0.0548. The molecule has 0 saturated heterocycles. The smallest absolute Gasteiger partial charge is 0.337 e. The van der Waals surface area contributed by atoms with Crippen molar-refractivity contribution in [2.75, 3.05) is 6.61 Å². The maximum Gasteiger partial charge on any atom is 0.337 e. The van der Waals surface area contributed by atoms with Crippen LogP contribution in [0.15, 0.2) is 52.7 Å². The van der Waals surface area contributed by atoms with Crippen LogP contribution in [0.5, 0.6) is 0 Å². The summed E-state index contributed by atoms with van der Waals surface area (Å²) < 4.78 is 5.05. The number of rotatable bonds is 6. The molecule has 2 aromatic rings. The summed E-state index contributed by atoms with van der Waals surface area (Å²) in [5.74, 6) is -1.53. The molecule has 0 fully saturated rings. The van der Waals surface area contributed by atoms with Crippen LogP contribution in [0.25, 0.3) is 0 Å². The highest BCUT2D eigenvalue weighted by atomic mass is 16.5. The van der Waals surface area contributed by atoms with Gasteiger partial charge in [-0.05, 0) is 60.6 Å². The quantitative estimate of drug-likeness (QED) is 0.514. The molecule has 30 heavy (non-hydrogen) atoms. The predicted molar refractivity (Wildman–Crippen MR) is 111 cm³/mol. The van der Waals surface area contributed by atoms with Crippen LogP contribution in [0.1, 0.15) is 61.5 Å². The summed E-state index contributed by atoms with van der Waals surface area (Å²) in [4.78, 5) is 23.5. The zero-order chi connectivity index (χ0) is 21.9. The van der Waals surface area contributed by atoms with Gasteiger partial charge in [-0.3, -0.25) is 4.79 Å². The van der Waals surface area contributed by atoms with Crippen LogP contribution in [-0.4, -0.2) is 28.8 Å². The predicted octanol–water partition coefficient (Wildman–Crippen LogP) is 5.01. The fraction of sp³-hybridized carbons (Fsp3) is 0.391. The van der Waals surface area contributed by atoms with E-state index in [2.05, 4.69) is 24.1 Å². The number of carboxylic acid groups (broad SMARTS) is 1. The molecule has 0 heterocycles. The monoisotopic (exact) mass is 410 g/mol. The molecule has 0 aromatic heterocycles. The standard InChI is InChI=1S/C23H26N2O5/c1-4-30-20(26)14-23(29)12-11-22(2,3)17-10-9-15(13-18(17)23)24-25-19-8-6-5-7-16(19)21(27)28/h5-10,13,29H,4,11-12,14H2,1-3H3,(H,27,28). The minimum atomic E-state index is -1.35. The molecule has 3 rings (SSSR count). The van der Waals surface area contributed by atoms with Crippen molar-refractivity contribution in [2.24, 2.45) is 10.2 Å². The number of aliphatic hydroxyl groups is 1. The molecule has 158 valence electrons. The van der Waals surface area contributed by atoms with Crippen molar-refractivity contribution in [1.29, 1.82) is 0 Å². The molecule has 7 heteroatoms. The van der Waals surface area contributed by atoms with E-state index in [1.54, 1.807) is 37.3 Å². The van der Waals surface area contributed by atoms with Crippen LogP contribution in [0.4, 0.5) is 11.4 Å². The third-order valence-electron chi connectivity index (χ3n) is 5.55.